The lowest BCUT2D eigenvalue weighted by Crippen LogP contribution is -2.32. The van der Waals surface area contributed by atoms with Crippen LogP contribution in [0.5, 0.6) is 0 Å². The summed E-state index contributed by atoms with van der Waals surface area (Å²) in [5.74, 6) is 2.73. The van der Waals surface area contributed by atoms with Crippen molar-refractivity contribution >= 4 is 11.6 Å². The minimum Gasteiger partial charge on any atom is -0.377 e. The van der Waals surface area contributed by atoms with Gasteiger partial charge >= 0.3 is 0 Å². The summed E-state index contributed by atoms with van der Waals surface area (Å²) >= 11 is 5.50. The second-order valence-corrected chi connectivity index (χ2v) is 4.76. The van der Waals surface area contributed by atoms with E-state index in [1.807, 2.05) is 60.7 Å². The zero-order valence-electron chi connectivity index (χ0n) is 10.5. The van der Waals surface area contributed by atoms with Gasteiger partial charge in [-0.3, -0.25) is 0 Å². The first-order valence-electron chi connectivity index (χ1n) is 6.15. The van der Waals surface area contributed by atoms with Gasteiger partial charge in [0, 0.05) is 18.2 Å². The molecule has 1 N–H and O–H groups in total. The molecule has 0 unspecified atom stereocenters. The Bertz CT molecular complexity index is 525. The zero-order valence-corrected chi connectivity index (χ0v) is 11.3. The van der Waals surface area contributed by atoms with Crippen LogP contribution >= 0.6 is 11.6 Å². The van der Waals surface area contributed by atoms with Crippen molar-refractivity contribution in [3.05, 3.63) is 71.8 Å². The molecule has 0 amide bonds. The number of aliphatic hydroxyl groups is 1. The first-order chi connectivity index (χ1) is 9.22. The Labute approximate surface area is 118 Å². The lowest BCUT2D eigenvalue weighted by atomic mass is 9.89. The standard InChI is InChI=1S/C17H15ClO/c18-12-11-17(19,13-15-7-3-1-4-8-15)14-16-9-5-2-6-10-16/h1-10,19H,13-14H2. The van der Waals surface area contributed by atoms with E-state index < -0.39 is 5.60 Å². The van der Waals surface area contributed by atoms with Crippen LogP contribution in [0.1, 0.15) is 11.1 Å². The molecule has 19 heavy (non-hydrogen) atoms. The smallest absolute Gasteiger partial charge is 0.134 e. The molecule has 2 rings (SSSR count). The van der Waals surface area contributed by atoms with E-state index in [1.54, 1.807) is 0 Å². The van der Waals surface area contributed by atoms with Crippen LogP contribution in [0.2, 0.25) is 0 Å². The van der Waals surface area contributed by atoms with Crippen LogP contribution in [-0.4, -0.2) is 10.7 Å². The topological polar surface area (TPSA) is 20.2 Å². The van der Waals surface area contributed by atoms with Gasteiger partial charge in [-0.1, -0.05) is 66.6 Å². The maximum absolute atomic E-state index is 10.7. The van der Waals surface area contributed by atoms with Crippen LogP contribution in [0, 0.1) is 11.3 Å². The summed E-state index contributed by atoms with van der Waals surface area (Å²) in [7, 11) is 0. The van der Waals surface area contributed by atoms with E-state index in [2.05, 4.69) is 11.3 Å². The lowest BCUT2D eigenvalue weighted by molar-refractivity contribution is 0.102. The van der Waals surface area contributed by atoms with Gasteiger partial charge in [0.25, 0.3) is 0 Å². The first kappa shape index (κ1) is 13.7. The molecule has 96 valence electrons. The van der Waals surface area contributed by atoms with E-state index in [-0.39, 0.29) is 0 Å². The molecule has 2 aromatic rings. The van der Waals surface area contributed by atoms with E-state index >= 15 is 0 Å². The summed E-state index contributed by atoms with van der Waals surface area (Å²) in [5.41, 5.74) is 0.950. The highest BCUT2D eigenvalue weighted by molar-refractivity contribution is 6.30. The Kier molecular flexibility index (Phi) is 4.63. The minimum absolute atomic E-state index is 0.461. The fourth-order valence-corrected chi connectivity index (χ4v) is 2.28. The SMILES string of the molecule is OC(C#CCl)(Cc1ccccc1)Cc1ccccc1. The quantitative estimate of drug-likeness (QED) is 0.845. The van der Waals surface area contributed by atoms with E-state index in [1.165, 1.54) is 0 Å². The monoisotopic (exact) mass is 270 g/mol. The molecular weight excluding hydrogens is 256 g/mol. The third-order valence-electron chi connectivity index (χ3n) is 2.96. The van der Waals surface area contributed by atoms with E-state index in [9.17, 15) is 5.11 Å². The Morgan fingerprint density at radius 2 is 1.26 bits per heavy atom. The van der Waals surface area contributed by atoms with Crippen molar-refractivity contribution in [3.63, 3.8) is 0 Å². The highest BCUT2D eigenvalue weighted by Crippen LogP contribution is 2.19. The van der Waals surface area contributed by atoms with E-state index in [4.69, 9.17) is 11.6 Å². The fourth-order valence-electron chi connectivity index (χ4n) is 2.11. The second kappa shape index (κ2) is 6.43. The van der Waals surface area contributed by atoms with Crippen molar-refractivity contribution in [3.8, 4) is 11.3 Å². The van der Waals surface area contributed by atoms with Gasteiger partial charge in [0.05, 0.1) is 0 Å². The highest BCUT2D eigenvalue weighted by Gasteiger charge is 2.25. The molecule has 0 aliphatic carbocycles. The van der Waals surface area contributed by atoms with Crippen molar-refractivity contribution in [2.45, 2.75) is 18.4 Å². The van der Waals surface area contributed by atoms with Gasteiger partial charge in [0.2, 0.25) is 0 Å². The summed E-state index contributed by atoms with van der Waals surface area (Å²) in [4.78, 5) is 0. The molecule has 0 saturated heterocycles. The summed E-state index contributed by atoms with van der Waals surface area (Å²) in [6.45, 7) is 0. The van der Waals surface area contributed by atoms with Gasteiger partial charge in [-0.15, -0.1) is 0 Å². The minimum atomic E-state index is -1.13. The molecular formula is C17H15ClO. The molecule has 0 radical (unpaired) electrons. The summed E-state index contributed by atoms with van der Waals surface area (Å²) in [5, 5.41) is 13.0. The molecule has 0 aliphatic rings. The number of rotatable bonds is 4. The third kappa shape index (κ3) is 4.13. The summed E-state index contributed by atoms with van der Waals surface area (Å²) in [6, 6.07) is 19.6. The molecule has 0 bridgehead atoms. The average Bonchev–Trinajstić information content (AvgIpc) is 2.41. The largest absolute Gasteiger partial charge is 0.377 e. The van der Waals surface area contributed by atoms with Gasteiger partial charge in [0.15, 0.2) is 0 Å². The molecule has 0 aliphatic heterocycles. The first-order valence-corrected chi connectivity index (χ1v) is 6.53. The number of halogens is 1. The van der Waals surface area contributed by atoms with Crippen LogP contribution in [0.3, 0.4) is 0 Å². The van der Waals surface area contributed by atoms with Crippen LogP contribution < -0.4 is 0 Å². The third-order valence-corrected chi connectivity index (χ3v) is 3.05. The summed E-state index contributed by atoms with van der Waals surface area (Å²) in [6.07, 6.45) is 0.922. The molecule has 0 heterocycles. The molecule has 0 aromatic heterocycles. The van der Waals surface area contributed by atoms with Crippen molar-refractivity contribution in [1.82, 2.24) is 0 Å². The normalized spacial score (nSPS) is 10.6. The molecule has 0 saturated carbocycles. The van der Waals surface area contributed by atoms with Crippen molar-refractivity contribution < 1.29 is 5.11 Å². The van der Waals surface area contributed by atoms with Crippen molar-refractivity contribution in [2.24, 2.45) is 0 Å². The number of hydrogen-bond donors (Lipinski definition) is 1. The second-order valence-electron chi connectivity index (χ2n) is 4.58. The number of hydrogen-bond acceptors (Lipinski definition) is 1. The Balaban J connectivity index is 2.20. The molecule has 1 nitrogen and oxygen atoms in total. The van der Waals surface area contributed by atoms with Gasteiger partial charge < -0.3 is 5.11 Å². The predicted octanol–water partition coefficient (Wildman–Crippen LogP) is 3.40. The molecule has 2 heteroatoms. The number of benzene rings is 2. The summed E-state index contributed by atoms with van der Waals surface area (Å²) < 4.78 is 0. The lowest BCUT2D eigenvalue weighted by Gasteiger charge is -2.22. The maximum atomic E-state index is 10.7. The van der Waals surface area contributed by atoms with Gasteiger partial charge in [-0.2, -0.15) is 0 Å². The predicted molar refractivity (Wildman–Crippen MR) is 78.9 cm³/mol. The van der Waals surface area contributed by atoms with Crippen LogP contribution in [0.4, 0.5) is 0 Å². The van der Waals surface area contributed by atoms with Gasteiger partial charge in [0.1, 0.15) is 5.60 Å². The Hall–Kier alpha value is -1.75. The van der Waals surface area contributed by atoms with Gasteiger partial charge in [-0.05, 0) is 22.7 Å². The van der Waals surface area contributed by atoms with Crippen molar-refractivity contribution in [1.29, 1.82) is 0 Å². The molecule has 0 fully saturated rings. The average molecular weight is 271 g/mol. The fraction of sp³-hybridized carbons (Fsp3) is 0.176. The van der Waals surface area contributed by atoms with E-state index in [0.717, 1.165) is 11.1 Å². The Morgan fingerprint density at radius 1 is 0.842 bits per heavy atom. The van der Waals surface area contributed by atoms with Crippen LogP contribution in [0.15, 0.2) is 60.7 Å². The molecule has 0 atom stereocenters. The van der Waals surface area contributed by atoms with Crippen LogP contribution in [0.25, 0.3) is 0 Å². The van der Waals surface area contributed by atoms with Crippen LogP contribution in [-0.2, 0) is 12.8 Å². The molecule has 0 spiro atoms. The van der Waals surface area contributed by atoms with Crippen molar-refractivity contribution in [2.75, 3.05) is 0 Å². The molecule has 2 aromatic carbocycles. The zero-order chi connectivity index (χ0) is 13.6. The maximum Gasteiger partial charge on any atom is 0.134 e. The Morgan fingerprint density at radius 3 is 1.63 bits per heavy atom. The highest BCUT2D eigenvalue weighted by atomic mass is 35.5. The van der Waals surface area contributed by atoms with Gasteiger partial charge in [-0.25, -0.2) is 0 Å². The van der Waals surface area contributed by atoms with E-state index in [0.29, 0.717) is 12.8 Å².